The van der Waals surface area contributed by atoms with E-state index in [-0.39, 0.29) is 0 Å². The second-order valence-corrected chi connectivity index (χ2v) is 6.66. The summed E-state index contributed by atoms with van der Waals surface area (Å²) in [7, 11) is 1.64. The first kappa shape index (κ1) is 16.3. The van der Waals surface area contributed by atoms with E-state index in [9.17, 15) is 5.11 Å². The van der Waals surface area contributed by atoms with E-state index in [1.54, 1.807) is 20.1 Å². The minimum absolute atomic E-state index is 0.530. The number of ether oxygens (including phenoxy) is 1. The monoisotopic (exact) mass is 368 g/mol. The van der Waals surface area contributed by atoms with Crippen LogP contribution in [0.2, 0.25) is 5.02 Å². The molecular formula is C17H18BrClO2. The van der Waals surface area contributed by atoms with E-state index < -0.39 is 5.60 Å². The third-order valence-electron chi connectivity index (χ3n) is 3.72. The Morgan fingerprint density at radius 3 is 2.33 bits per heavy atom. The van der Waals surface area contributed by atoms with Gasteiger partial charge >= 0.3 is 0 Å². The second-order valence-electron chi connectivity index (χ2n) is 5.33. The van der Waals surface area contributed by atoms with E-state index in [2.05, 4.69) is 15.9 Å². The standard InChI is InChI=1S/C17H18BrClO2/c1-10-8-16(21-4)11(2)7-14(10)17(3,20)13-6-5-12(18)9-15(13)19/h5-9,20H,1-4H3. The Morgan fingerprint density at radius 1 is 1.10 bits per heavy atom. The van der Waals surface area contributed by atoms with Gasteiger partial charge < -0.3 is 9.84 Å². The van der Waals surface area contributed by atoms with Crippen LogP contribution in [0, 0.1) is 13.8 Å². The molecule has 0 radical (unpaired) electrons. The average Bonchev–Trinajstić information content (AvgIpc) is 2.40. The van der Waals surface area contributed by atoms with E-state index >= 15 is 0 Å². The third kappa shape index (κ3) is 3.10. The van der Waals surface area contributed by atoms with E-state index in [1.807, 2.05) is 38.1 Å². The molecule has 21 heavy (non-hydrogen) atoms. The summed E-state index contributed by atoms with van der Waals surface area (Å²) in [4.78, 5) is 0. The lowest BCUT2D eigenvalue weighted by atomic mass is 9.84. The molecule has 1 unspecified atom stereocenters. The zero-order valence-electron chi connectivity index (χ0n) is 12.5. The third-order valence-corrected chi connectivity index (χ3v) is 4.53. The summed E-state index contributed by atoms with van der Waals surface area (Å²) in [5.74, 6) is 0.814. The topological polar surface area (TPSA) is 29.5 Å². The number of hydrogen-bond donors (Lipinski definition) is 1. The average molecular weight is 370 g/mol. The van der Waals surface area contributed by atoms with Crippen molar-refractivity contribution < 1.29 is 9.84 Å². The van der Waals surface area contributed by atoms with Gasteiger partial charge in [-0.15, -0.1) is 0 Å². The van der Waals surface area contributed by atoms with Crippen LogP contribution in [0.1, 0.15) is 29.2 Å². The molecule has 112 valence electrons. The fourth-order valence-corrected chi connectivity index (χ4v) is 3.42. The number of aryl methyl sites for hydroxylation is 2. The maximum Gasteiger partial charge on any atom is 0.122 e. The maximum absolute atomic E-state index is 11.1. The van der Waals surface area contributed by atoms with Gasteiger partial charge in [-0.3, -0.25) is 0 Å². The number of rotatable bonds is 3. The number of aliphatic hydroxyl groups is 1. The Balaban J connectivity index is 2.60. The van der Waals surface area contributed by atoms with Crippen LogP contribution in [0.15, 0.2) is 34.8 Å². The molecule has 0 saturated heterocycles. The minimum atomic E-state index is -1.17. The van der Waals surface area contributed by atoms with Gasteiger partial charge in [0.2, 0.25) is 0 Å². The Labute approximate surface area is 138 Å². The van der Waals surface area contributed by atoms with Crippen molar-refractivity contribution in [1.82, 2.24) is 0 Å². The summed E-state index contributed by atoms with van der Waals surface area (Å²) in [6.45, 7) is 5.68. The molecule has 0 spiro atoms. The van der Waals surface area contributed by atoms with Crippen LogP contribution < -0.4 is 4.74 Å². The zero-order valence-corrected chi connectivity index (χ0v) is 14.8. The van der Waals surface area contributed by atoms with Crippen molar-refractivity contribution in [1.29, 1.82) is 0 Å². The SMILES string of the molecule is COc1cc(C)c(C(C)(O)c2ccc(Br)cc2Cl)cc1C. The smallest absolute Gasteiger partial charge is 0.122 e. The second kappa shape index (κ2) is 5.99. The Hall–Kier alpha value is -1.03. The van der Waals surface area contributed by atoms with E-state index in [1.165, 1.54) is 0 Å². The molecule has 0 amide bonds. The van der Waals surface area contributed by atoms with Crippen LogP contribution in [0.25, 0.3) is 0 Å². The Bertz CT molecular complexity index is 681. The van der Waals surface area contributed by atoms with E-state index in [0.29, 0.717) is 10.6 Å². The Kier molecular flexibility index (Phi) is 4.66. The highest BCUT2D eigenvalue weighted by Gasteiger charge is 2.30. The van der Waals surface area contributed by atoms with Crippen LogP contribution in [0.3, 0.4) is 0 Å². The van der Waals surface area contributed by atoms with Crippen LogP contribution in [-0.4, -0.2) is 12.2 Å². The quantitative estimate of drug-likeness (QED) is 0.826. The summed E-state index contributed by atoms with van der Waals surface area (Å²) in [6, 6.07) is 9.39. The molecule has 1 atom stereocenters. The van der Waals surface area contributed by atoms with Crippen molar-refractivity contribution in [2.45, 2.75) is 26.4 Å². The molecule has 2 aromatic rings. The molecule has 4 heteroatoms. The molecule has 1 N–H and O–H groups in total. The van der Waals surface area contributed by atoms with Crippen molar-refractivity contribution in [3.05, 3.63) is 62.1 Å². The molecule has 0 aliphatic carbocycles. The zero-order chi connectivity index (χ0) is 15.8. The predicted octanol–water partition coefficient (Wildman–Crippen LogP) is 4.98. The fourth-order valence-electron chi connectivity index (χ4n) is 2.56. The summed E-state index contributed by atoms with van der Waals surface area (Å²) < 4.78 is 6.21. The highest BCUT2D eigenvalue weighted by atomic mass is 79.9. The van der Waals surface area contributed by atoms with Crippen LogP contribution >= 0.6 is 27.5 Å². The van der Waals surface area contributed by atoms with E-state index in [4.69, 9.17) is 16.3 Å². The van der Waals surface area contributed by atoms with Crippen molar-refractivity contribution in [3.63, 3.8) is 0 Å². The molecule has 0 aliphatic heterocycles. The number of methoxy groups -OCH3 is 1. The highest BCUT2D eigenvalue weighted by molar-refractivity contribution is 9.10. The molecule has 2 rings (SSSR count). The van der Waals surface area contributed by atoms with Gasteiger partial charge in [0.1, 0.15) is 11.4 Å². The molecule has 0 bridgehead atoms. The molecule has 0 saturated carbocycles. The summed E-state index contributed by atoms with van der Waals surface area (Å²) >= 11 is 9.68. The molecule has 2 nitrogen and oxygen atoms in total. The van der Waals surface area contributed by atoms with Gasteiger partial charge in [-0.05, 0) is 61.7 Å². The van der Waals surface area contributed by atoms with Gasteiger partial charge in [0, 0.05) is 15.1 Å². The van der Waals surface area contributed by atoms with Crippen LogP contribution in [-0.2, 0) is 5.60 Å². The number of halogens is 2. The predicted molar refractivity (Wildman–Crippen MR) is 90.3 cm³/mol. The van der Waals surface area contributed by atoms with Gasteiger partial charge in [0.15, 0.2) is 0 Å². The largest absolute Gasteiger partial charge is 0.496 e. The summed E-state index contributed by atoms with van der Waals surface area (Å²) in [5.41, 5.74) is 2.27. The van der Waals surface area contributed by atoms with Crippen LogP contribution in [0.5, 0.6) is 5.75 Å². The first-order valence-electron chi connectivity index (χ1n) is 6.61. The van der Waals surface area contributed by atoms with Crippen molar-refractivity contribution in [2.75, 3.05) is 7.11 Å². The van der Waals surface area contributed by atoms with Crippen molar-refractivity contribution in [2.24, 2.45) is 0 Å². The first-order chi connectivity index (χ1) is 9.77. The molecule has 0 aromatic heterocycles. The summed E-state index contributed by atoms with van der Waals surface area (Å²) in [5, 5.41) is 11.6. The van der Waals surface area contributed by atoms with Crippen molar-refractivity contribution >= 4 is 27.5 Å². The lowest BCUT2D eigenvalue weighted by molar-refractivity contribution is 0.101. The minimum Gasteiger partial charge on any atom is -0.496 e. The fraction of sp³-hybridized carbons (Fsp3) is 0.294. The summed E-state index contributed by atoms with van der Waals surface area (Å²) in [6.07, 6.45) is 0. The van der Waals surface area contributed by atoms with Gasteiger partial charge in [-0.2, -0.15) is 0 Å². The normalized spacial score (nSPS) is 13.9. The molecule has 2 aromatic carbocycles. The first-order valence-corrected chi connectivity index (χ1v) is 7.78. The van der Waals surface area contributed by atoms with E-state index in [0.717, 1.165) is 26.9 Å². The van der Waals surface area contributed by atoms with Gasteiger partial charge in [0.05, 0.1) is 7.11 Å². The van der Waals surface area contributed by atoms with Gasteiger partial charge in [-0.1, -0.05) is 33.6 Å². The molecular weight excluding hydrogens is 352 g/mol. The van der Waals surface area contributed by atoms with Gasteiger partial charge in [-0.25, -0.2) is 0 Å². The number of hydrogen-bond acceptors (Lipinski definition) is 2. The number of benzene rings is 2. The lowest BCUT2D eigenvalue weighted by Gasteiger charge is -2.28. The molecule has 0 aliphatic rings. The van der Waals surface area contributed by atoms with Gasteiger partial charge in [0.25, 0.3) is 0 Å². The Morgan fingerprint density at radius 2 is 1.76 bits per heavy atom. The highest BCUT2D eigenvalue weighted by Crippen LogP contribution is 2.38. The lowest BCUT2D eigenvalue weighted by Crippen LogP contribution is -2.24. The van der Waals surface area contributed by atoms with Crippen molar-refractivity contribution in [3.8, 4) is 5.75 Å². The maximum atomic E-state index is 11.1. The van der Waals surface area contributed by atoms with Crippen LogP contribution in [0.4, 0.5) is 0 Å². The molecule has 0 fully saturated rings. The molecule has 0 heterocycles.